The van der Waals surface area contributed by atoms with Gasteiger partial charge in [-0.25, -0.2) is 0 Å². The summed E-state index contributed by atoms with van der Waals surface area (Å²) >= 11 is 0. The molecule has 1 heterocycles. The van der Waals surface area contributed by atoms with Crippen LogP contribution >= 0.6 is 0 Å². The summed E-state index contributed by atoms with van der Waals surface area (Å²) in [4.78, 5) is 11.5. The Kier molecular flexibility index (Phi) is 4.69. The lowest BCUT2D eigenvalue weighted by molar-refractivity contribution is 0.00578. The van der Waals surface area contributed by atoms with Gasteiger partial charge in [-0.1, -0.05) is 19.4 Å². The van der Waals surface area contributed by atoms with Crippen molar-refractivity contribution >= 4 is 18.5 Å². The molecule has 0 spiro atoms. The van der Waals surface area contributed by atoms with Gasteiger partial charge in [0.2, 0.25) is 5.91 Å². The highest BCUT2D eigenvalue weighted by Crippen LogP contribution is 2.36. The first-order valence-corrected chi connectivity index (χ1v) is 7.96. The number of rotatable bonds is 5. The van der Waals surface area contributed by atoms with Crippen LogP contribution in [-0.4, -0.2) is 24.2 Å². The molecule has 5 heteroatoms. The van der Waals surface area contributed by atoms with Gasteiger partial charge in [0.1, 0.15) is 0 Å². The molecule has 4 nitrogen and oxygen atoms in total. The van der Waals surface area contributed by atoms with E-state index in [2.05, 4.69) is 6.92 Å². The Morgan fingerprint density at radius 2 is 1.77 bits per heavy atom. The van der Waals surface area contributed by atoms with Crippen molar-refractivity contribution in [1.82, 2.24) is 0 Å². The first-order chi connectivity index (χ1) is 10.2. The average Bonchev–Trinajstić information content (AvgIpc) is 2.64. The van der Waals surface area contributed by atoms with Crippen LogP contribution in [0.25, 0.3) is 0 Å². The summed E-state index contributed by atoms with van der Waals surface area (Å²) < 4.78 is 12.3. The summed E-state index contributed by atoms with van der Waals surface area (Å²) in [6, 6.07) is 5.56. The Morgan fingerprint density at radius 3 is 2.27 bits per heavy atom. The van der Waals surface area contributed by atoms with Crippen molar-refractivity contribution in [3.8, 4) is 0 Å². The fourth-order valence-electron chi connectivity index (χ4n) is 2.53. The van der Waals surface area contributed by atoms with Gasteiger partial charge >= 0.3 is 7.12 Å². The van der Waals surface area contributed by atoms with Crippen LogP contribution < -0.4 is 11.2 Å². The minimum absolute atomic E-state index is 0.400. The second-order valence-electron chi connectivity index (χ2n) is 6.97. The molecule has 22 heavy (non-hydrogen) atoms. The van der Waals surface area contributed by atoms with E-state index in [0.29, 0.717) is 5.56 Å². The standard InChI is InChI=1S/C17H26BNO3/c1-6-7-8-12-9-10-13(15(19)20)11-14(12)18-21-16(2,3)17(4,5)22-18/h9-11H,6-8H2,1-5H3,(H2,19,20). The van der Waals surface area contributed by atoms with Gasteiger partial charge in [-0.15, -0.1) is 0 Å². The molecule has 1 aromatic rings. The van der Waals surface area contributed by atoms with Gasteiger partial charge in [-0.05, 0) is 63.7 Å². The molecule has 0 aliphatic carbocycles. The highest BCUT2D eigenvalue weighted by molar-refractivity contribution is 6.62. The first kappa shape index (κ1) is 17.0. The van der Waals surface area contributed by atoms with E-state index < -0.39 is 24.2 Å². The summed E-state index contributed by atoms with van der Waals surface area (Å²) in [7, 11) is -0.462. The van der Waals surface area contributed by atoms with E-state index in [-0.39, 0.29) is 0 Å². The minimum atomic E-state index is -0.462. The molecule has 1 aliphatic rings. The molecule has 1 amide bonds. The number of hydrogen-bond acceptors (Lipinski definition) is 3. The van der Waals surface area contributed by atoms with Gasteiger partial charge in [0.25, 0.3) is 0 Å². The van der Waals surface area contributed by atoms with E-state index in [9.17, 15) is 4.79 Å². The third-order valence-electron chi connectivity index (χ3n) is 4.74. The third-order valence-corrected chi connectivity index (χ3v) is 4.74. The smallest absolute Gasteiger partial charge is 0.399 e. The van der Waals surface area contributed by atoms with Crippen molar-refractivity contribution < 1.29 is 14.1 Å². The molecule has 0 bridgehead atoms. The van der Waals surface area contributed by atoms with E-state index in [1.165, 1.54) is 0 Å². The van der Waals surface area contributed by atoms with Crippen LogP contribution in [0.15, 0.2) is 18.2 Å². The van der Waals surface area contributed by atoms with Crippen molar-refractivity contribution in [3.05, 3.63) is 29.3 Å². The van der Waals surface area contributed by atoms with Crippen molar-refractivity contribution in [1.29, 1.82) is 0 Å². The maximum Gasteiger partial charge on any atom is 0.495 e. The Hall–Kier alpha value is -1.33. The van der Waals surface area contributed by atoms with Crippen LogP contribution in [0.4, 0.5) is 0 Å². The summed E-state index contributed by atoms with van der Waals surface area (Å²) in [5.74, 6) is -0.431. The zero-order valence-electron chi connectivity index (χ0n) is 14.2. The predicted molar refractivity (Wildman–Crippen MR) is 89.3 cm³/mol. The van der Waals surface area contributed by atoms with E-state index >= 15 is 0 Å². The van der Waals surface area contributed by atoms with Gasteiger partial charge in [0.15, 0.2) is 0 Å². The zero-order valence-corrected chi connectivity index (χ0v) is 14.2. The fraction of sp³-hybridized carbons (Fsp3) is 0.588. The Labute approximate surface area is 133 Å². The quantitative estimate of drug-likeness (QED) is 0.850. The summed E-state index contributed by atoms with van der Waals surface area (Å²) in [5.41, 5.74) is 7.19. The van der Waals surface area contributed by atoms with E-state index in [1.54, 1.807) is 6.07 Å². The molecule has 1 aliphatic heterocycles. The van der Waals surface area contributed by atoms with Crippen LogP contribution in [0, 0.1) is 0 Å². The van der Waals surface area contributed by atoms with Crippen molar-refractivity contribution in [3.63, 3.8) is 0 Å². The number of benzene rings is 1. The second kappa shape index (κ2) is 6.05. The fourth-order valence-corrected chi connectivity index (χ4v) is 2.53. The maximum absolute atomic E-state index is 11.5. The number of hydrogen-bond donors (Lipinski definition) is 1. The molecule has 0 unspecified atom stereocenters. The number of amides is 1. The third kappa shape index (κ3) is 3.20. The molecule has 0 atom stereocenters. The van der Waals surface area contributed by atoms with Crippen molar-refractivity contribution in [2.75, 3.05) is 0 Å². The maximum atomic E-state index is 11.5. The molecular formula is C17H26BNO3. The molecule has 1 aromatic carbocycles. The number of carbonyl (C=O) groups is 1. The topological polar surface area (TPSA) is 61.6 Å². The Balaban J connectivity index is 2.39. The lowest BCUT2D eigenvalue weighted by atomic mass is 9.74. The largest absolute Gasteiger partial charge is 0.495 e. The molecule has 1 saturated heterocycles. The number of carbonyl (C=O) groups excluding carboxylic acids is 1. The molecule has 2 N–H and O–H groups in total. The molecule has 120 valence electrons. The van der Waals surface area contributed by atoms with Crippen LogP contribution in [0.3, 0.4) is 0 Å². The highest BCUT2D eigenvalue weighted by Gasteiger charge is 2.52. The molecular weight excluding hydrogens is 277 g/mol. The van der Waals surface area contributed by atoms with Gasteiger partial charge in [0.05, 0.1) is 11.2 Å². The SMILES string of the molecule is CCCCc1ccc(C(N)=O)cc1B1OC(C)(C)C(C)(C)O1. The Bertz CT molecular complexity index is 553. The van der Waals surface area contributed by atoms with Gasteiger partial charge in [0, 0.05) is 5.56 Å². The minimum Gasteiger partial charge on any atom is -0.399 e. The van der Waals surface area contributed by atoms with Crippen LogP contribution in [0.2, 0.25) is 0 Å². The first-order valence-electron chi connectivity index (χ1n) is 7.96. The van der Waals surface area contributed by atoms with Gasteiger partial charge < -0.3 is 15.0 Å². The second-order valence-corrected chi connectivity index (χ2v) is 6.97. The Morgan fingerprint density at radius 1 is 1.18 bits per heavy atom. The van der Waals surface area contributed by atoms with Crippen LogP contribution in [0.1, 0.15) is 63.4 Å². The van der Waals surface area contributed by atoms with Crippen LogP contribution in [0.5, 0.6) is 0 Å². The summed E-state index contributed by atoms with van der Waals surface area (Å²) in [6.07, 6.45) is 3.14. The summed E-state index contributed by atoms with van der Waals surface area (Å²) in [5, 5.41) is 0. The number of aryl methyl sites for hydroxylation is 1. The molecule has 0 aromatic heterocycles. The molecule has 0 saturated carbocycles. The zero-order chi connectivity index (χ0) is 16.5. The molecule has 1 fully saturated rings. The van der Waals surface area contributed by atoms with E-state index in [4.69, 9.17) is 15.0 Å². The predicted octanol–water partition coefficient (Wildman–Crippen LogP) is 2.43. The molecule has 2 rings (SSSR count). The summed E-state index contributed by atoms with van der Waals surface area (Å²) in [6.45, 7) is 10.3. The van der Waals surface area contributed by atoms with Gasteiger partial charge in [-0.2, -0.15) is 0 Å². The highest BCUT2D eigenvalue weighted by atomic mass is 16.7. The van der Waals surface area contributed by atoms with E-state index in [1.807, 2.05) is 39.8 Å². The monoisotopic (exact) mass is 303 g/mol. The normalized spacial score (nSPS) is 19.4. The van der Waals surface area contributed by atoms with Crippen molar-refractivity contribution in [2.45, 2.75) is 65.1 Å². The number of primary amides is 1. The van der Waals surface area contributed by atoms with E-state index in [0.717, 1.165) is 30.3 Å². The lowest BCUT2D eigenvalue weighted by Gasteiger charge is -2.32. The molecule has 0 radical (unpaired) electrons. The van der Waals surface area contributed by atoms with Gasteiger partial charge in [-0.3, -0.25) is 4.79 Å². The van der Waals surface area contributed by atoms with Crippen molar-refractivity contribution in [2.24, 2.45) is 5.73 Å². The number of nitrogens with two attached hydrogens (primary N) is 1. The number of unbranched alkanes of at least 4 members (excludes halogenated alkanes) is 1. The average molecular weight is 303 g/mol. The lowest BCUT2D eigenvalue weighted by Crippen LogP contribution is -2.41. The van der Waals surface area contributed by atoms with Crippen LogP contribution in [-0.2, 0) is 15.7 Å².